The molecule has 1 aliphatic rings. The average Bonchev–Trinajstić information content (AvgIpc) is 3.01. The molecule has 3 aromatic carbocycles. The van der Waals surface area contributed by atoms with Gasteiger partial charge in [0.05, 0.1) is 5.69 Å². The first kappa shape index (κ1) is 17.0. The molecule has 4 rings (SSSR count). The van der Waals surface area contributed by atoms with Gasteiger partial charge in [-0.15, -0.1) is 0 Å². The molecule has 4 nitrogen and oxygen atoms in total. The van der Waals surface area contributed by atoms with Crippen LogP contribution in [0.4, 0.5) is 10.1 Å². The van der Waals surface area contributed by atoms with Crippen LogP contribution in [0.15, 0.2) is 78.9 Å². The van der Waals surface area contributed by atoms with Crippen molar-refractivity contribution in [2.75, 3.05) is 5.32 Å². The molecule has 27 heavy (non-hydrogen) atoms. The van der Waals surface area contributed by atoms with Gasteiger partial charge in [-0.2, -0.15) is 0 Å². The predicted octanol–water partition coefficient (Wildman–Crippen LogP) is 4.16. The molecule has 2 amide bonds. The van der Waals surface area contributed by atoms with Crippen LogP contribution in [-0.4, -0.2) is 16.7 Å². The summed E-state index contributed by atoms with van der Waals surface area (Å²) in [5.74, 6) is -1.18. The van der Waals surface area contributed by atoms with Gasteiger partial charge in [0, 0.05) is 12.1 Å². The third-order valence-electron chi connectivity index (χ3n) is 4.66. The fraction of sp³-hybridized carbons (Fsp3) is 0.0909. The van der Waals surface area contributed by atoms with Gasteiger partial charge in [0.2, 0.25) is 0 Å². The van der Waals surface area contributed by atoms with Crippen LogP contribution in [0.25, 0.3) is 0 Å². The summed E-state index contributed by atoms with van der Waals surface area (Å²) in [4.78, 5) is 27.5. The van der Waals surface area contributed by atoms with Gasteiger partial charge in [-0.3, -0.25) is 9.59 Å². The number of anilines is 1. The maximum atomic E-state index is 14.0. The van der Waals surface area contributed by atoms with Gasteiger partial charge in [0.15, 0.2) is 0 Å². The molecule has 1 unspecified atom stereocenters. The second kappa shape index (κ2) is 7.03. The van der Waals surface area contributed by atoms with Gasteiger partial charge < -0.3 is 10.2 Å². The lowest BCUT2D eigenvalue weighted by atomic mass is 10.0. The van der Waals surface area contributed by atoms with E-state index in [9.17, 15) is 14.0 Å². The number of carbonyl (C=O) groups is 2. The van der Waals surface area contributed by atoms with Crippen LogP contribution in [0.1, 0.15) is 27.5 Å². The van der Waals surface area contributed by atoms with Crippen LogP contribution in [0.3, 0.4) is 0 Å². The van der Waals surface area contributed by atoms with Crippen molar-refractivity contribution < 1.29 is 14.0 Å². The molecule has 0 saturated carbocycles. The minimum absolute atomic E-state index is 0.0904. The molecule has 0 fully saturated rings. The van der Waals surface area contributed by atoms with Crippen LogP contribution >= 0.6 is 0 Å². The van der Waals surface area contributed by atoms with Crippen LogP contribution in [0.2, 0.25) is 0 Å². The van der Waals surface area contributed by atoms with E-state index in [2.05, 4.69) is 5.32 Å². The SMILES string of the molecule is O=C(Nc1ccccc1F)C(c1ccccc1)N1Cc2ccccc2C1=O. The Morgan fingerprint density at radius 3 is 2.33 bits per heavy atom. The van der Waals surface area contributed by atoms with Crippen LogP contribution < -0.4 is 5.32 Å². The number of rotatable bonds is 4. The maximum Gasteiger partial charge on any atom is 0.255 e. The molecule has 1 heterocycles. The van der Waals surface area contributed by atoms with Gasteiger partial charge in [-0.25, -0.2) is 4.39 Å². The van der Waals surface area contributed by atoms with Crippen molar-refractivity contribution in [1.29, 1.82) is 0 Å². The Hall–Kier alpha value is -3.47. The van der Waals surface area contributed by atoms with Crippen molar-refractivity contribution >= 4 is 17.5 Å². The number of amides is 2. The molecular weight excluding hydrogens is 343 g/mol. The van der Waals surface area contributed by atoms with Crippen LogP contribution in [0.5, 0.6) is 0 Å². The molecule has 1 aliphatic heterocycles. The summed E-state index contributed by atoms with van der Waals surface area (Å²) < 4.78 is 14.0. The summed E-state index contributed by atoms with van der Waals surface area (Å²) in [6.07, 6.45) is 0. The summed E-state index contributed by atoms with van der Waals surface area (Å²) in [6, 6.07) is 21.5. The quantitative estimate of drug-likeness (QED) is 0.759. The summed E-state index contributed by atoms with van der Waals surface area (Å²) in [7, 11) is 0. The highest BCUT2D eigenvalue weighted by Crippen LogP contribution is 2.32. The number of hydrogen-bond donors (Lipinski definition) is 1. The molecule has 0 aromatic heterocycles. The standard InChI is InChI=1S/C22H17FN2O2/c23-18-12-6-7-13-19(18)24-21(26)20(15-8-2-1-3-9-15)25-14-16-10-4-5-11-17(16)22(25)27/h1-13,20H,14H2,(H,24,26). The monoisotopic (exact) mass is 360 g/mol. The number of benzene rings is 3. The summed E-state index contributed by atoms with van der Waals surface area (Å²) >= 11 is 0. The van der Waals surface area contributed by atoms with E-state index in [0.29, 0.717) is 17.7 Å². The fourth-order valence-corrected chi connectivity index (χ4v) is 3.36. The minimum atomic E-state index is -0.856. The first-order valence-electron chi connectivity index (χ1n) is 8.64. The van der Waals surface area contributed by atoms with Crippen molar-refractivity contribution in [2.24, 2.45) is 0 Å². The van der Waals surface area contributed by atoms with E-state index in [0.717, 1.165) is 5.56 Å². The molecule has 5 heteroatoms. The molecule has 0 saturated heterocycles. The molecule has 134 valence electrons. The second-order valence-corrected chi connectivity index (χ2v) is 6.37. The Balaban J connectivity index is 1.70. The molecule has 1 N–H and O–H groups in total. The molecule has 0 spiro atoms. The third kappa shape index (κ3) is 3.19. The Morgan fingerprint density at radius 1 is 0.926 bits per heavy atom. The highest BCUT2D eigenvalue weighted by atomic mass is 19.1. The van der Waals surface area contributed by atoms with Gasteiger partial charge in [0.1, 0.15) is 11.9 Å². The number of nitrogens with one attached hydrogen (secondary N) is 1. The Labute approximate surface area is 156 Å². The highest BCUT2D eigenvalue weighted by Gasteiger charge is 2.37. The molecule has 0 radical (unpaired) electrons. The lowest BCUT2D eigenvalue weighted by Crippen LogP contribution is -2.37. The number of fused-ring (bicyclic) bond motifs is 1. The number of para-hydroxylation sites is 1. The zero-order chi connectivity index (χ0) is 18.8. The predicted molar refractivity (Wildman–Crippen MR) is 101 cm³/mol. The van der Waals surface area contributed by atoms with E-state index in [4.69, 9.17) is 0 Å². The first-order chi connectivity index (χ1) is 13.1. The lowest BCUT2D eigenvalue weighted by molar-refractivity contribution is -0.120. The van der Waals surface area contributed by atoms with E-state index < -0.39 is 17.8 Å². The largest absolute Gasteiger partial charge is 0.321 e. The number of halogens is 1. The average molecular weight is 360 g/mol. The van der Waals surface area contributed by atoms with E-state index in [1.165, 1.54) is 17.0 Å². The van der Waals surface area contributed by atoms with Crippen molar-refractivity contribution in [1.82, 2.24) is 4.90 Å². The zero-order valence-corrected chi connectivity index (χ0v) is 14.4. The Bertz CT molecular complexity index is 1000. The van der Waals surface area contributed by atoms with Crippen LogP contribution in [-0.2, 0) is 11.3 Å². The van der Waals surface area contributed by atoms with E-state index >= 15 is 0 Å². The highest BCUT2D eigenvalue weighted by molar-refractivity contribution is 6.04. The molecule has 3 aromatic rings. The van der Waals surface area contributed by atoms with E-state index in [1.807, 2.05) is 30.3 Å². The number of hydrogen-bond acceptors (Lipinski definition) is 2. The number of carbonyl (C=O) groups excluding carboxylic acids is 2. The third-order valence-corrected chi connectivity index (χ3v) is 4.66. The summed E-state index contributed by atoms with van der Waals surface area (Å²) in [5, 5.41) is 2.63. The van der Waals surface area contributed by atoms with Gasteiger partial charge in [0.25, 0.3) is 11.8 Å². The van der Waals surface area contributed by atoms with Gasteiger partial charge >= 0.3 is 0 Å². The molecule has 0 aliphatic carbocycles. The smallest absolute Gasteiger partial charge is 0.255 e. The molecule has 0 bridgehead atoms. The topological polar surface area (TPSA) is 49.4 Å². The molecular formula is C22H17FN2O2. The Morgan fingerprint density at radius 2 is 1.59 bits per heavy atom. The second-order valence-electron chi connectivity index (χ2n) is 6.37. The van der Waals surface area contributed by atoms with E-state index in [1.54, 1.807) is 36.4 Å². The fourth-order valence-electron chi connectivity index (χ4n) is 3.36. The van der Waals surface area contributed by atoms with Crippen molar-refractivity contribution in [3.8, 4) is 0 Å². The van der Waals surface area contributed by atoms with Crippen LogP contribution in [0, 0.1) is 5.82 Å². The van der Waals surface area contributed by atoms with Gasteiger partial charge in [-0.1, -0.05) is 60.7 Å². The summed E-state index contributed by atoms with van der Waals surface area (Å²) in [6.45, 7) is 0.333. The molecule has 1 atom stereocenters. The summed E-state index contributed by atoms with van der Waals surface area (Å²) in [5.41, 5.74) is 2.24. The Kier molecular flexibility index (Phi) is 4.42. The zero-order valence-electron chi connectivity index (χ0n) is 14.4. The minimum Gasteiger partial charge on any atom is -0.321 e. The van der Waals surface area contributed by atoms with E-state index in [-0.39, 0.29) is 11.6 Å². The van der Waals surface area contributed by atoms with Crippen molar-refractivity contribution in [3.05, 3.63) is 101 Å². The first-order valence-corrected chi connectivity index (χ1v) is 8.64. The van der Waals surface area contributed by atoms with Crippen molar-refractivity contribution in [2.45, 2.75) is 12.6 Å². The number of nitrogens with zero attached hydrogens (tertiary/aromatic N) is 1. The maximum absolute atomic E-state index is 14.0. The van der Waals surface area contributed by atoms with Gasteiger partial charge in [-0.05, 0) is 29.3 Å². The lowest BCUT2D eigenvalue weighted by Gasteiger charge is -2.27. The van der Waals surface area contributed by atoms with Crippen molar-refractivity contribution in [3.63, 3.8) is 0 Å². The normalized spacial score (nSPS) is 14.0.